The molecule has 2 rings (SSSR count). The van der Waals surface area contributed by atoms with Gasteiger partial charge >= 0.3 is 11.9 Å². The Balaban J connectivity index is 1.88. The van der Waals surface area contributed by atoms with Crippen LogP contribution in [0.2, 0.25) is 0 Å². The second-order valence-corrected chi connectivity index (χ2v) is 10.3. The summed E-state index contributed by atoms with van der Waals surface area (Å²) in [6, 6.07) is 0. The smallest absolute Gasteiger partial charge is 0.307 e. The van der Waals surface area contributed by atoms with Crippen LogP contribution in [-0.4, -0.2) is 29.9 Å². The van der Waals surface area contributed by atoms with E-state index in [2.05, 4.69) is 26.8 Å². The van der Waals surface area contributed by atoms with Crippen molar-refractivity contribution in [3.63, 3.8) is 0 Å². The van der Waals surface area contributed by atoms with Gasteiger partial charge in [-0.05, 0) is 58.3 Å². The lowest BCUT2D eigenvalue weighted by atomic mass is 9.69. The molecule has 0 bridgehead atoms. The molecule has 1 heterocycles. The first-order valence-electron chi connectivity index (χ1n) is 13.2. The number of carbonyl (C=O) groups is 3. The number of esters is 2. The van der Waals surface area contributed by atoms with Crippen molar-refractivity contribution in [1.82, 2.24) is 0 Å². The molecule has 0 aromatic carbocycles. The van der Waals surface area contributed by atoms with Gasteiger partial charge in [-0.3, -0.25) is 14.4 Å². The van der Waals surface area contributed by atoms with E-state index in [0.29, 0.717) is 12.8 Å². The molecule has 5 nitrogen and oxygen atoms in total. The van der Waals surface area contributed by atoms with Gasteiger partial charge in [-0.25, -0.2) is 0 Å². The fourth-order valence-electron chi connectivity index (χ4n) is 4.79. The Labute approximate surface area is 206 Å². The third-order valence-corrected chi connectivity index (χ3v) is 6.83. The Morgan fingerprint density at radius 3 is 2.41 bits per heavy atom. The van der Waals surface area contributed by atoms with Gasteiger partial charge in [0.25, 0.3) is 0 Å². The van der Waals surface area contributed by atoms with E-state index in [0.717, 1.165) is 37.7 Å². The van der Waals surface area contributed by atoms with Crippen LogP contribution in [0.15, 0.2) is 35.5 Å². The first-order valence-corrected chi connectivity index (χ1v) is 13.2. The number of cyclic esters (lactones) is 1. The van der Waals surface area contributed by atoms with Gasteiger partial charge in [0, 0.05) is 12.8 Å². The summed E-state index contributed by atoms with van der Waals surface area (Å²) in [5, 5.41) is 0. The number of allylic oxidation sites excluding steroid dienone is 4. The Hall–Kier alpha value is -2.17. The zero-order valence-electron chi connectivity index (χ0n) is 21.7. The van der Waals surface area contributed by atoms with Crippen LogP contribution in [0.1, 0.15) is 111 Å². The molecule has 0 aromatic heterocycles. The van der Waals surface area contributed by atoms with Crippen molar-refractivity contribution < 1.29 is 23.9 Å². The molecule has 34 heavy (non-hydrogen) atoms. The number of hydrogen-bond donors (Lipinski definition) is 0. The highest BCUT2D eigenvalue weighted by Crippen LogP contribution is 2.45. The van der Waals surface area contributed by atoms with Gasteiger partial charge in [-0.15, -0.1) is 0 Å². The minimum absolute atomic E-state index is 0.0324. The van der Waals surface area contributed by atoms with E-state index < -0.39 is 17.6 Å². The van der Waals surface area contributed by atoms with Crippen molar-refractivity contribution in [3.05, 3.63) is 35.5 Å². The molecule has 1 saturated heterocycles. The number of ether oxygens (including phenoxy) is 2. The van der Waals surface area contributed by atoms with Crippen molar-refractivity contribution in [2.45, 2.75) is 123 Å². The van der Waals surface area contributed by atoms with E-state index in [9.17, 15) is 14.4 Å². The number of carbonyl (C=O) groups excluding carboxylic acids is 3. The SMILES string of the molecule is CCCCCCCCCCC(=O)O[C@@H]1C=CC(=O)C2(CC(=O)O[C@@H]2C=C(C)CCC=C(C)C)C1. The van der Waals surface area contributed by atoms with E-state index in [1.807, 2.05) is 13.0 Å². The van der Waals surface area contributed by atoms with Crippen molar-refractivity contribution in [2.75, 3.05) is 0 Å². The van der Waals surface area contributed by atoms with Gasteiger partial charge in [0.1, 0.15) is 12.2 Å². The van der Waals surface area contributed by atoms with Crippen LogP contribution in [0.5, 0.6) is 0 Å². The van der Waals surface area contributed by atoms with Gasteiger partial charge in [-0.2, -0.15) is 0 Å². The average molecular weight is 473 g/mol. The highest BCUT2D eigenvalue weighted by Gasteiger charge is 2.55. The number of rotatable bonds is 14. The zero-order chi connectivity index (χ0) is 25.0. The molecule has 1 spiro atoms. The normalized spacial score (nSPS) is 24.4. The van der Waals surface area contributed by atoms with Gasteiger partial charge in [0.05, 0.1) is 11.8 Å². The molecule has 1 unspecified atom stereocenters. The highest BCUT2D eigenvalue weighted by atomic mass is 16.6. The van der Waals surface area contributed by atoms with Gasteiger partial charge < -0.3 is 9.47 Å². The fraction of sp³-hybridized carbons (Fsp3) is 0.690. The molecule has 3 atom stereocenters. The summed E-state index contributed by atoms with van der Waals surface area (Å²) in [4.78, 5) is 37.6. The van der Waals surface area contributed by atoms with Crippen molar-refractivity contribution in [3.8, 4) is 0 Å². The van der Waals surface area contributed by atoms with Crippen LogP contribution in [0.4, 0.5) is 0 Å². The third kappa shape index (κ3) is 8.88. The first-order chi connectivity index (χ1) is 16.3. The minimum atomic E-state index is -0.979. The maximum absolute atomic E-state index is 12.9. The first kappa shape index (κ1) is 28.1. The van der Waals surface area contributed by atoms with E-state index in [1.54, 1.807) is 6.08 Å². The molecule has 0 radical (unpaired) electrons. The summed E-state index contributed by atoms with van der Waals surface area (Å²) in [7, 11) is 0. The Morgan fingerprint density at radius 1 is 1.06 bits per heavy atom. The molecule has 2 aliphatic rings. The Bertz CT molecular complexity index is 786. The molecular formula is C29H44O5. The molecule has 0 amide bonds. The molecule has 0 aromatic rings. The minimum Gasteiger partial charge on any atom is -0.458 e. The van der Waals surface area contributed by atoms with E-state index in [4.69, 9.17) is 9.47 Å². The second kappa shape index (κ2) is 14.3. The molecule has 1 aliphatic heterocycles. The maximum atomic E-state index is 12.9. The molecule has 0 saturated carbocycles. The predicted molar refractivity (Wildman–Crippen MR) is 135 cm³/mol. The van der Waals surface area contributed by atoms with Crippen LogP contribution in [-0.2, 0) is 23.9 Å². The lowest BCUT2D eigenvalue weighted by Crippen LogP contribution is -2.43. The zero-order valence-corrected chi connectivity index (χ0v) is 21.7. The summed E-state index contributed by atoms with van der Waals surface area (Å²) in [5.41, 5.74) is 1.37. The lowest BCUT2D eigenvalue weighted by molar-refractivity contribution is -0.151. The maximum Gasteiger partial charge on any atom is 0.307 e. The van der Waals surface area contributed by atoms with Crippen LogP contribution in [0.25, 0.3) is 0 Å². The van der Waals surface area contributed by atoms with Gasteiger partial charge in [0.2, 0.25) is 0 Å². The molecule has 0 N–H and O–H groups in total. The van der Waals surface area contributed by atoms with Crippen molar-refractivity contribution in [1.29, 1.82) is 0 Å². The summed E-state index contributed by atoms with van der Waals surface area (Å²) in [6.45, 7) is 8.35. The highest BCUT2D eigenvalue weighted by molar-refractivity contribution is 6.00. The predicted octanol–water partition coefficient (Wildman–Crippen LogP) is 6.95. The van der Waals surface area contributed by atoms with Crippen molar-refractivity contribution in [2.24, 2.45) is 5.41 Å². The summed E-state index contributed by atoms with van der Waals surface area (Å²) in [5.74, 6) is -0.724. The topological polar surface area (TPSA) is 69.7 Å². The van der Waals surface area contributed by atoms with Crippen LogP contribution >= 0.6 is 0 Å². The van der Waals surface area contributed by atoms with Crippen molar-refractivity contribution >= 4 is 17.7 Å². The quantitative estimate of drug-likeness (QED) is 0.155. The average Bonchev–Trinajstić information content (AvgIpc) is 3.07. The van der Waals surface area contributed by atoms with Crippen LogP contribution in [0, 0.1) is 5.41 Å². The molecule has 1 fully saturated rings. The summed E-state index contributed by atoms with van der Waals surface area (Å²) < 4.78 is 11.3. The van der Waals surface area contributed by atoms with E-state index in [1.165, 1.54) is 43.8 Å². The van der Waals surface area contributed by atoms with E-state index >= 15 is 0 Å². The number of hydrogen-bond acceptors (Lipinski definition) is 5. The molecule has 190 valence electrons. The summed E-state index contributed by atoms with van der Waals surface area (Å²) in [6.07, 6.45) is 17.9. The third-order valence-electron chi connectivity index (χ3n) is 6.83. The lowest BCUT2D eigenvalue weighted by Gasteiger charge is -2.34. The van der Waals surface area contributed by atoms with E-state index in [-0.39, 0.29) is 24.1 Å². The monoisotopic (exact) mass is 472 g/mol. The molecule has 5 heteroatoms. The van der Waals surface area contributed by atoms with Crippen LogP contribution in [0.3, 0.4) is 0 Å². The molecular weight excluding hydrogens is 428 g/mol. The van der Waals surface area contributed by atoms with Crippen LogP contribution < -0.4 is 0 Å². The Morgan fingerprint density at radius 2 is 1.74 bits per heavy atom. The number of ketones is 1. The van der Waals surface area contributed by atoms with Gasteiger partial charge in [-0.1, -0.05) is 69.1 Å². The Kier molecular flexibility index (Phi) is 11.8. The second-order valence-electron chi connectivity index (χ2n) is 10.3. The largest absolute Gasteiger partial charge is 0.458 e. The summed E-state index contributed by atoms with van der Waals surface area (Å²) >= 11 is 0. The number of unbranched alkanes of at least 4 members (excludes halogenated alkanes) is 7. The molecule has 1 aliphatic carbocycles. The standard InChI is InChI=1S/C29H44O5/c1-5-6-7-8-9-10-11-12-16-27(31)33-24-17-18-25(30)29(20-24)21-28(32)34-26(29)19-23(4)15-13-14-22(2)3/h14,17-19,24,26H,5-13,15-16,20-21H2,1-4H3/t24-,26-,29?/m1/s1. The van der Waals surface area contributed by atoms with Gasteiger partial charge in [0.15, 0.2) is 5.78 Å². The fourth-order valence-corrected chi connectivity index (χ4v) is 4.79.